The Morgan fingerprint density at radius 1 is 1.37 bits per heavy atom. The fraction of sp³-hybridized carbons (Fsp3) is 0.385. The lowest BCUT2D eigenvalue weighted by molar-refractivity contribution is 0.0687. The van der Waals surface area contributed by atoms with Crippen LogP contribution in [0.25, 0.3) is 0 Å². The van der Waals surface area contributed by atoms with E-state index in [0.717, 1.165) is 12.8 Å². The van der Waals surface area contributed by atoms with Gasteiger partial charge in [0.1, 0.15) is 0 Å². The Labute approximate surface area is 110 Å². The molecular formula is C13H16N2O4. The Bertz CT molecular complexity index is 489. The minimum absolute atomic E-state index is 0.00452. The molecule has 3 N–H and O–H groups in total. The fourth-order valence-electron chi connectivity index (χ4n) is 2.16. The summed E-state index contributed by atoms with van der Waals surface area (Å²) in [6.45, 7) is 0.686. The van der Waals surface area contributed by atoms with Crippen LogP contribution in [0.5, 0.6) is 0 Å². The third kappa shape index (κ3) is 3.10. The number of carboxylic acids is 1. The van der Waals surface area contributed by atoms with Crippen LogP contribution in [0.2, 0.25) is 0 Å². The number of aromatic carboxylic acids is 1. The molecule has 6 heteroatoms. The molecule has 0 bridgehead atoms. The molecular weight excluding hydrogens is 248 g/mol. The van der Waals surface area contributed by atoms with E-state index in [1.54, 1.807) is 11.1 Å². The van der Waals surface area contributed by atoms with Crippen LogP contribution >= 0.6 is 0 Å². The lowest BCUT2D eigenvalue weighted by Crippen LogP contribution is -2.46. The van der Waals surface area contributed by atoms with Gasteiger partial charge >= 0.3 is 5.97 Å². The van der Waals surface area contributed by atoms with Gasteiger partial charge in [-0.3, -0.25) is 10.2 Å². The van der Waals surface area contributed by atoms with Gasteiger partial charge in [0, 0.05) is 12.1 Å². The Hall–Kier alpha value is -1.92. The van der Waals surface area contributed by atoms with Gasteiger partial charge < -0.3 is 10.2 Å². The molecule has 102 valence electrons. The number of hydrogen-bond acceptors (Lipinski definition) is 4. The smallest absolute Gasteiger partial charge is 0.335 e. The Balaban J connectivity index is 2.07. The fourth-order valence-corrected chi connectivity index (χ4v) is 2.16. The summed E-state index contributed by atoms with van der Waals surface area (Å²) < 4.78 is 0. The minimum atomic E-state index is -1.07. The lowest BCUT2D eigenvalue weighted by atomic mass is 10.1. The van der Waals surface area contributed by atoms with Crippen LogP contribution < -0.4 is 5.43 Å². The molecule has 2 rings (SSSR count). The van der Waals surface area contributed by atoms with Crippen LogP contribution in [0, 0.1) is 0 Å². The summed E-state index contributed by atoms with van der Waals surface area (Å²) in [5.74, 6) is -1.42. The molecule has 1 unspecified atom stereocenters. The molecule has 1 amide bonds. The van der Waals surface area contributed by atoms with Crippen molar-refractivity contribution in [1.29, 1.82) is 0 Å². The molecule has 0 radical (unpaired) electrons. The highest BCUT2D eigenvalue weighted by molar-refractivity contribution is 5.97. The number of carbonyl (C=O) groups excluding carboxylic acids is 1. The highest BCUT2D eigenvalue weighted by atomic mass is 16.4. The van der Waals surface area contributed by atoms with Gasteiger partial charge in [-0.15, -0.1) is 0 Å². The number of carboxylic acid groups (broad SMARTS) is 1. The molecule has 1 aliphatic heterocycles. The summed E-state index contributed by atoms with van der Waals surface area (Å²) in [7, 11) is 0. The van der Waals surface area contributed by atoms with Gasteiger partial charge in [-0.1, -0.05) is 6.07 Å². The number of hydrogen-bond donors (Lipinski definition) is 3. The Morgan fingerprint density at radius 3 is 2.79 bits per heavy atom. The van der Waals surface area contributed by atoms with Crippen molar-refractivity contribution in [3.05, 3.63) is 35.4 Å². The van der Waals surface area contributed by atoms with Crippen molar-refractivity contribution in [3.63, 3.8) is 0 Å². The largest absolute Gasteiger partial charge is 0.478 e. The topological polar surface area (TPSA) is 89.9 Å². The van der Waals surface area contributed by atoms with Crippen molar-refractivity contribution in [1.82, 2.24) is 10.4 Å². The number of rotatable bonds is 4. The molecule has 0 spiro atoms. The van der Waals surface area contributed by atoms with E-state index in [9.17, 15) is 9.59 Å². The molecule has 0 aliphatic carbocycles. The first-order valence-electron chi connectivity index (χ1n) is 6.13. The maximum absolute atomic E-state index is 12.0. The number of nitrogens with one attached hydrogen (secondary N) is 1. The van der Waals surface area contributed by atoms with Crippen molar-refractivity contribution in [2.45, 2.75) is 18.9 Å². The summed E-state index contributed by atoms with van der Waals surface area (Å²) in [5.41, 5.74) is 3.08. The Morgan fingerprint density at radius 2 is 2.11 bits per heavy atom. The van der Waals surface area contributed by atoms with Gasteiger partial charge in [-0.2, -0.15) is 0 Å². The SMILES string of the molecule is O=C(O)c1cccc(C(=O)NN2CCCC2CO)c1. The summed E-state index contributed by atoms with van der Waals surface area (Å²) in [6, 6.07) is 5.80. The van der Waals surface area contributed by atoms with Crippen LogP contribution in [0.1, 0.15) is 33.6 Å². The first-order valence-corrected chi connectivity index (χ1v) is 6.13. The van der Waals surface area contributed by atoms with Crippen LogP contribution in [0.15, 0.2) is 24.3 Å². The molecule has 1 fully saturated rings. The average molecular weight is 264 g/mol. The third-order valence-electron chi connectivity index (χ3n) is 3.20. The molecule has 1 atom stereocenters. The minimum Gasteiger partial charge on any atom is -0.478 e. The number of nitrogens with zero attached hydrogens (tertiary/aromatic N) is 1. The number of aliphatic hydroxyl groups is 1. The van der Waals surface area contributed by atoms with Crippen LogP contribution in [-0.2, 0) is 0 Å². The summed E-state index contributed by atoms with van der Waals surface area (Å²) >= 11 is 0. The highest BCUT2D eigenvalue weighted by Gasteiger charge is 2.25. The second kappa shape index (κ2) is 5.81. The van der Waals surface area contributed by atoms with E-state index in [0.29, 0.717) is 12.1 Å². The summed E-state index contributed by atoms with van der Waals surface area (Å²) in [6.07, 6.45) is 1.76. The monoisotopic (exact) mass is 264 g/mol. The van der Waals surface area contributed by atoms with Gasteiger partial charge in [-0.25, -0.2) is 9.80 Å². The van der Waals surface area contributed by atoms with Crippen LogP contribution in [0.4, 0.5) is 0 Å². The molecule has 0 saturated carbocycles. The molecule has 19 heavy (non-hydrogen) atoms. The number of amides is 1. The van der Waals surface area contributed by atoms with Gasteiger partial charge in [0.25, 0.3) is 5.91 Å². The van der Waals surface area contributed by atoms with Crippen molar-refractivity contribution in [3.8, 4) is 0 Å². The zero-order valence-corrected chi connectivity index (χ0v) is 10.4. The number of carbonyl (C=O) groups is 2. The van der Waals surface area contributed by atoms with E-state index in [2.05, 4.69) is 5.43 Å². The quantitative estimate of drug-likeness (QED) is 0.736. The van der Waals surface area contributed by atoms with Crippen molar-refractivity contribution in [2.24, 2.45) is 0 Å². The third-order valence-corrected chi connectivity index (χ3v) is 3.20. The van der Waals surface area contributed by atoms with Crippen molar-refractivity contribution >= 4 is 11.9 Å². The second-order valence-corrected chi connectivity index (χ2v) is 4.50. The molecule has 1 aromatic rings. The first kappa shape index (κ1) is 13.5. The summed E-state index contributed by atoms with van der Waals surface area (Å²) in [5, 5.41) is 19.8. The van der Waals surface area contributed by atoms with Crippen molar-refractivity contribution < 1.29 is 19.8 Å². The predicted octanol–water partition coefficient (Wildman–Crippen LogP) is 0.486. The van der Waals surface area contributed by atoms with E-state index < -0.39 is 5.97 Å². The first-order chi connectivity index (χ1) is 9.11. The number of aliphatic hydroxyl groups excluding tert-OH is 1. The van der Waals surface area contributed by atoms with Crippen LogP contribution in [-0.4, -0.2) is 46.3 Å². The molecule has 1 saturated heterocycles. The van der Waals surface area contributed by atoms with Crippen molar-refractivity contribution in [2.75, 3.05) is 13.2 Å². The van der Waals surface area contributed by atoms with E-state index in [4.69, 9.17) is 10.2 Å². The zero-order valence-electron chi connectivity index (χ0n) is 10.4. The maximum Gasteiger partial charge on any atom is 0.335 e. The average Bonchev–Trinajstić information content (AvgIpc) is 2.86. The molecule has 1 aromatic carbocycles. The molecule has 1 aliphatic rings. The molecule has 0 aromatic heterocycles. The van der Waals surface area contributed by atoms with E-state index >= 15 is 0 Å². The molecule has 1 heterocycles. The molecule has 6 nitrogen and oxygen atoms in total. The maximum atomic E-state index is 12.0. The van der Waals surface area contributed by atoms with Gasteiger partial charge in [-0.05, 0) is 31.0 Å². The highest BCUT2D eigenvalue weighted by Crippen LogP contribution is 2.14. The van der Waals surface area contributed by atoms with E-state index in [-0.39, 0.29) is 24.1 Å². The standard InChI is InChI=1S/C13H16N2O4/c16-8-11-5-2-6-15(11)14-12(17)9-3-1-4-10(7-9)13(18)19/h1,3-4,7,11,16H,2,5-6,8H2,(H,14,17)(H,18,19). The number of benzene rings is 1. The number of hydrazine groups is 1. The lowest BCUT2D eigenvalue weighted by Gasteiger charge is -2.23. The van der Waals surface area contributed by atoms with Crippen LogP contribution in [0.3, 0.4) is 0 Å². The van der Waals surface area contributed by atoms with E-state index in [1.807, 2.05) is 0 Å². The van der Waals surface area contributed by atoms with Gasteiger partial charge in [0.05, 0.1) is 18.2 Å². The summed E-state index contributed by atoms with van der Waals surface area (Å²) in [4.78, 5) is 22.9. The van der Waals surface area contributed by atoms with Gasteiger partial charge in [0.15, 0.2) is 0 Å². The Kier molecular flexibility index (Phi) is 4.13. The predicted molar refractivity (Wildman–Crippen MR) is 67.7 cm³/mol. The van der Waals surface area contributed by atoms with E-state index in [1.165, 1.54) is 18.2 Å². The zero-order chi connectivity index (χ0) is 13.8. The second-order valence-electron chi connectivity index (χ2n) is 4.50. The van der Waals surface area contributed by atoms with Gasteiger partial charge in [0.2, 0.25) is 0 Å². The normalized spacial score (nSPS) is 19.3.